The van der Waals surface area contributed by atoms with E-state index in [0.29, 0.717) is 16.2 Å². The van der Waals surface area contributed by atoms with Gasteiger partial charge in [-0.3, -0.25) is 9.78 Å². The van der Waals surface area contributed by atoms with Crippen molar-refractivity contribution >= 4 is 29.3 Å². The summed E-state index contributed by atoms with van der Waals surface area (Å²) in [6, 6.07) is 6.76. The molecule has 5 nitrogen and oxygen atoms in total. The number of hydrogen-bond donors (Lipinski definition) is 1. The summed E-state index contributed by atoms with van der Waals surface area (Å²) in [7, 11) is 1.07. The topological polar surface area (TPSA) is 64.1 Å². The summed E-state index contributed by atoms with van der Waals surface area (Å²) < 4.78 is 58.9. The number of nitrogens with one attached hydrogen (secondary N) is 1. The first kappa shape index (κ1) is 25.2. The lowest BCUT2D eigenvalue weighted by atomic mass is 10.0. The van der Waals surface area contributed by atoms with Crippen LogP contribution in [-0.2, 0) is 17.4 Å². The van der Waals surface area contributed by atoms with Crippen LogP contribution in [-0.4, -0.2) is 23.0 Å². The molecule has 0 saturated carbocycles. The van der Waals surface area contributed by atoms with Crippen molar-refractivity contribution in [3.05, 3.63) is 76.0 Å². The molecule has 1 amide bonds. The van der Waals surface area contributed by atoms with E-state index in [1.54, 1.807) is 25.1 Å². The minimum Gasteiger partial charge on any atom is -0.481 e. The summed E-state index contributed by atoms with van der Waals surface area (Å²) in [5.41, 5.74) is 1.37. The molecule has 2 aromatic heterocycles. The maximum absolute atomic E-state index is 14.8. The zero-order valence-corrected chi connectivity index (χ0v) is 19.2. The van der Waals surface area contributed by atoms with Gasteiger partial charge in [0.05, 0.1) is 25.4 Å². The van der Waals surface area contributed by atoms with E-state index in [0.717, 1.165) is 30.6 Å². The highest BCUT2D eigenvalue weighted by Crippen LogP contribution is 2.36. The molecule has 1 N–H and O–H groups in total. The number of carbonyl (C=O) groups excluding carboxylic acids is 1. The van der Waals surface area contributed by atoms with Crippen molar-refractivity contribution in [2.45, 2.75) is 26.4 Å². The Balaban J connectivity index is 1.78. The molecule has 178 valence electrons. The van der Waals surface area contributed by atoms with Crippen molar-refractivity contribution in [2.24, 2.45) is 0 Å². The normalized spacial score (nSPS) is 11.9. The van der Waals surface area contributed by atoms with Gasteiger partial charge in [0, 0.05) is 28.0 Å². The Morgan fingerprint density at radius 3 is 2.53 bits per heavy atom. The number of hydrogen-bond acceptors (Lipinski definition) is 4. The average Bonchev–Trinajstić information content (AvgIpc) is 2.74. The van der Waals surface area contributed by atoms with Crippen molar-refractivity contribution in [1.82, 2.24) is 9.97 Å². The fourth-order valence-corrected chi connectivity index (χ4v) is 3.35. The van der Waals surface area contributed by atoms with E-state index in [9.17, 15) is 22.4 Å². The number of allylic oxidation sites excluding steroid dienone is 1. The Morgan fingerprint density at radius 2 is 1.91 bits per heavy atom. The van der Waals surface area contributed by atoms with Crippen LogP contribution in [0.5, 0.6) is 5.88 Å². The van der Waals surface area contributed by atoms with Crippen LogP contribution < -0.4 is 10.1 Å². The molecular weight excluding hydrogens is 474 g/mol. The molecule has 0 aliphatic heterocycles. The number of alkyl halides is 3. The van der Waals surface area contributed by atoms with Gasteiger partial charge in [-0.05, 0) is 49.2 Å². The first-order chi connectivity index (χ1) is 16.0. The van der Waals surface area contributed by atoms with Gasteiger partial charge in [0.15, 0.2) is 0 Å². The molecule has 0 fully saturated rings. The Bertz CT molecular complexity index is 1260. The second-order valence-corrected chi connectivity index (χ2v) is 8.04. The van der Waals surface area contributed by atoms with E-state index in [-0.39, 0.29) is 17.7 Å². The predicted octanol–water partition coefficient (Wildman–Crippen LogP) is 6.40. The molecule has 3 rings (SSSR count). The van der Waals surface area contributed by atoms with Gasteiger partial charge in [-0.25, -0.2) is 9.37 Å². The third kappa shape index (κ3) is 6.11. The van der Waals surface area contributed by atoms with E-state index < -0.39 is 29.3 Å². The third-order valence-corrected chi connectivity index (χ3v) is 4.93. The van der Waals surface area contributed by atoms with Crippen LogP contribution in [0.25, 0.3) is 17.2 Å². The Morgan fingerprint density at radius 1 is 1.18 bits per heavy atom. The van der Waals surface area contributed by atoms with Crippen molar-refractivity contribution in [3.8, 4) is 17.0 Å². The van der Waals surface area contributed by atoms with Crippen LogP contribution in [0.2, 0.25) is 0 Å². The van der Waals surface area contributed by atoms with Gasteiger partial charge in [0.1, 0.15) is 11.4 Å². The highest BCUT2D eigenvalue weighted by Gasteiger charge is 2.35. The maximum atomic E-state index is 14.8. The quantitative estimate of drug-likeness (QED) is 0.404. The summed E-state index contributed by atoms with van der Waals surface area (Å²) in [6.45, 7) is 3.53. The first-order valence-corrected chi connectivity index (χ1v) is 10.4. The average molecular weight is 494 g/mol. The minimum atomic E-state index is -4.71. The molecule has 0 saturated heterocycles. The van der Waals surface area contributed by atoms with Crippen molar-refractivity contribution in [2.75, 3.05) is 12.4 Å². The number of benzene rings is 1. The number of methoxy groups -OCH3 is 1. The van der Waals surface area contributed by atoms with Gasteiger partial charge in [-0.15, -0.1) is 0 Å². The van der Waals surface area contributed by atoms with Gasteiger partial charge in [0.25, 0.3) is 0 Å². The van der Waals surface area contributed by atoms with E-state index in [1.807, 2.05) is 6.92 Å². The Kier molecular flexibility index (Phi) is 7.56. The SMILES string of the molecule is COc1ncc(NC(=O)Cc2ccc(-c3cnc(C)c(/C=C(\C)Cl)c3)c(F)c2)cc1C(F)(F)F. The molecule has 0 atom stereocenters. The van der Waals surface area contributed by atoms with Crippen LogP contribution in [0.3, 0.4) is 0 Å². The minimum absolute atomic E-state index is 0.156. The van der Waals surface area contributed by atoms with Crippen LogP contribution in [0, 0.1) is 12.7 Å². The van der Waals surface area contributed by atoms with Crippen molar-refractivity contribution in [1.29, 1.82) is 0 Å². The molecule has 0 spiro atoms. The highest BCUT2D eigenvalue weighted by molar-refractivity contribution is 6.31. The molecule has 0 radical (unpaired) electrons. The molecule has 10 heteroatoms. The number of pyridine rings is 2. The van der Waals surface area contributed by atoms with Gasteiger partial charge in [-0.1, -0.05) is 23.7 Å². The van der Waals surface area contributed by atoms with E-state index in [2.05, 4.69) is 20.0 Å². The Labute approximate surface area is 198 Å². The second kappa shape index (κ2) is 10.2. The predicted molar refractivity (Wildman–Crippen MR) is 122 cm³/mol. The fraction of sp³-hybridized carbons (Fsp3) is 0.208. The first-order valence-electron chi connectivity index (χ1n) is 9.98. The van der Waals surface area contributed by atoms with Crippen LogP contribution in [0.1, 0.15) is 29.3 Å². The third-order valence-electron chi connectivity index (χ3n) is 4.82. The fourth-order valence-electron chi connectivity index (χ4n) is 3.24. The number of aryl methyl sites for hydroxylation is 1. The molecule has 34 heavy (non-hydrogen) atoms. The van der Waals surface area contributed by atoms with Crippen LogP contribution >= 0.6 is 11.6 Å². The monoisotopic (exact) mass is 493 g/mol. The number of carbonyl (C=O) groups is 1. The summed E-state index contributed by atoms with van der Waals surface area (Å²) in [5, 5.41) is 2.90. The van der Waals surface area contributed by atoms with E-state index in [4.69, 9.17) is 11.6 Å². The number of amides is 1. The Hall–Kier alpha value is -3.46. The van der Waals surface area contributed by atoms with Gasteiger partial charge in [0.2, 0.25) is 11.8 Å². The van der Waals surface area contributed by atoms with Gasteiger partial charge >= 0.3 is 6.18 Å². The number of anilines is 1. The lowest BCUT2D eigenvalue weighted by Gasteiger charge is -2.13. The van der Waals surface area contributed by atoms with Gasteiger partial charge < -0.3 is 10.1 Å². The van der Waals surface area contributed by atoms with Gasteiger partial charge in [-0.2, -0.15) is 13.2 Å². The number of halogens is 5. The molecule has 1 aromatic carbocycles. The van der Waals surface area contributed by atoms with Crippen LogP contribution in [0.4, 0.5) is 23.2 Å². The number of aromatic nitrogens is 2. The maximum Gasteiger partial charge on any atom is 0.421 e. The lowest BCUT2D eigenvalue weighted by molar-refractivity contribution is -0.139. The standard InChI is InChI=1S/C24H20ClF4N3O2/c1-13(25)6-16-9-17(11-30-14(16)2)19-5-4-15(7-21(19)26)8-22(33)32-18-10-20(24(27,28)29)23(34-3)31-12-18/h4-7,9-12H,8H2,1-3H3,(H,32,33)/b13-6+. The zero-order chi connectivity index (χ0) is 25.0. The lowest BCUT2D eigenvalue weighted by Crippen LogP contribution is -2.16. The summed E-state index contributed by atoms with van der Waals surface area (Å²) in [6.07, 6.45) is -0.649. The molecule has 0 aliphatic rings. The number of nitrogens with zero attached hydrogens (tertiary/aromatic N) is 2. The van der Waals surface area contributed by atoms with Crippen LogP contribution in [0.15, 0.2) is 47.8 Å². The van der Waals surface area contributed by atoms with E-state index >= 15 is 0 Å². The van der Waals surface area contributed by atoms with Crippen molar-refractivity contribution in [3.63, 3.8) is 0 Å². The summed E-state index contributed by atoms with van der Waals surface area (Å²) >= 11 is 5.94. The number of rotatable bonds is 6. The summed E-state index contributed by atoms with van der Waals surface area (Å²) in [5.74, 6) is -1.80. The highest BCUT2D eigenvalue weighted by atomic mass is 35.5. The zero-order valence-electron chi connectivity index (χ0n) is 18.4. The van der Waals surface area contributed by atoms with Crippen molar-refractivity contribution < 1.29 is 27.1 Å². The molecule has 0 bridgehead atoms. The summed E-state index contributed by atoms with van der Waals surface area (Å²) in [4.78, 5) is 20.2. The molecule has 0 unspecified atom stereocenters. The smallest absolute Gasteiger partial charge is 0.421 e. The van der Waals surface area contributed by atoms with E-state index in [1.165, 1.54) is 18.3 Å². The molecule has 2 heterocycles. The number of ether oxygens (including phenoxy) is 1. The molecule has 3 aromatic rings. The largest absolute Gasteiger partial charge is 0.481 e. The molecule has 0 aliphatic carbocycles. The second-order valence-electron chi connectivity index (χ2n) is 7.45. The molecular formula is C24H20ClF4N3O2.